The van der Waals surface area contributed by atoms with Crippen molar-refractivity contribution in [1.82, 2.24) is 0 Å². The maximum absolute atomic E-state index is 13.6. The number of benzene rings is 2. The molecule has 2 aromatic rings. The maximum Gasteiger partial charge on any atom is 0.126 e. The second-order valence-corrected chi connectivity index (χ2v) is 5.15. The molecule has 0 heterocycles. The fourth-order valence-electron chi connectivity index (χ4n) is 2.06. The normalized spacial score (nSPS) is 12.4. The van der Waals surface area contributed by atoms with Crippen LogP contribution >= 0.6 is 11.6 Å². The molecule has 0 aliphatic rings. The summed E-state index contributed by atoms with van der Waals surface area (Å²) in [6.07, 6.45) is 0.512. The zero-order valence-electron chi connectivity index (χ0n) is 10.6. The Kier molecular flexibility index (Phi) is 4.03. The van der Waals surface area contributed by atoms with E-state index in [1.807, 2.05) is 19.9 Å². The average molecular weight is 263 g/mol. The van der Waals surface area contributed by atoms with Crippen molar-refractivity contribution >= 4 is 11.6 Å². The standard InChI is InChI=1S/C16H16ClF/c1-11-7-8-12(2)14(9-11)15(17)10-13-5-3-4-6-16(13)18/h3-9,15H,10H2,1-2H3. The van der Waals surface area contributed by atoms with Gasteiger partial charge in [-0.3, -0.25) is 0 Å². The van der Waals surface area contributed by atoms with E-state index in [0.717, 1.165) is 11.1 Å². The summed E-state index contributed by atoms with van der Waals surface area (Å²) in [5, 5.41) is -0.193. The molecule has 0 spiro atoms. The van der Waals surface area contributed by atoms with Gasteiger partial charge in [0, 0.05) is 0 Å². The van der Waals surface area contributed by atoms with Gasteiger partial charge in [-0.05, 0) is 43.0 Å². The lowest BCUT2D eigenvalue weighted by Gasteiger charge is -2.14. The van der Waals surface area contributed by atoms with Gasteiger partial charge in [-0.2, -0.15) is 0 Å². The van der Waals surface area contributed by atoms with Crippen molar-refractivity contribution in [3.05, 3.63) is 70.5 Å². The number of halogens is 2. The summed E-state index contributed by atoms with van der Waals surface area (Å²) in [5.41, 5.74) is 4.07. The highest BCUT2D eigenvalue weighted by molar-refractivity contribution is 6.21. The van der Waals surface area contributed by atoms with Crippen molar-refractivity contribution in [3.63, 3.8) is 0 Å². The largest absolute Gasteiger partial charge is 0.207 e. The second kappa shape index (κ2) is 5.53. The Labute approximate surface area is 112 Å². The first-order valence-electron chi connectivity index (χ1n) is 6.02. The molecule has 0 saturated carbocycles. The molecule has 1 atom stereocenters. The quantitative estimate of drug-likeness (QED) is 0.686. The molecule has 0 bridgehead atoms. The van der Waals surface area contributed by atoms with E-state index in [-0.39, 0.29) is 11.2 Å². The van der Waals surface area contributed by atoms with Gasteiger partial charge >= 0.3 is 0 Å². The van der Waals surface area contributed by atoms with Crippen LogP contribution in [0.15, 0.2) is 42.5 Å². The molecule has 1 unspecified atom stereocenters. The van der Waals surface area contributed by atoms with Gasteiger partial charge in [-0.25, -0.2) is 4.39 Å². The van der Waals surface area contributed by atoms with Gasteiger partial charge in [0.15, 0.2) is 0 Å². The number of hydrogen-bond acceptors (Lipinski definition) is 0. The Bertz CT molecular complexity index is 549. The van der Waals surface area contributed by atoms with E-state index in [4.69, 9.17) is 11.6 Å². The molecule has 0 aliphatic heterocycles. The molecule has 0 fully saturated rings. The van der Waals surface area contributed by atoms with Gasteiger partial charge < -0.3 is 0 Å². The Morgan fingerprint density at radius 1 is 1.11 bits per heavy atom. The van der Waals surface area contributed by atoms with Crippen LogP contribution in [0.2, 0.25) is 0 Å². The summed E-state index contributed by atoms with van der Waals surface area (Å²) in [7, 11) is 0. The van der Waals surface area contributed by atoms with Crippen LogP contribution in [0.25, 0.3) is 0 Å². The van der Waals surface area contributed by atoms with Crippen LogP contribution in [0.3, 0.4) is 0 Å². The van der Waals surface area contributed by atoms with Crippen molar-refractivity contribution in [2.75, 3.05) is 0 Å². The number of rotatable bonds is 3. The van der Waals surface area contributed by atoms with Crippen molar-refractivity contribution in [3.8, 4) is 0 Å². The molecule has 2 aromatic carbocycles. The van der Waals surface area contributed by atoms with E-state index in [0.29, 0.717) is 12.0 Å². The van der Waals surface area contributed by atoms with Crippen LogP contribution in [-0.2, 0) is 6.42 Å². The maximum atomic E-state index is 13.6. The zero-order valence-corrected chi connectivity index (χ0v) is 11.3. The molecule has 0 radical (unpaired) electrons. The molecule has 0 N–H and O–H groups in total. The van der Waals surface area contributed by atoms with Gasteiger partial charge in [0.2, 0.25) is 0 Å². The number of hydrogen-bond donors (Lipinski definition) is 0. The van der Waals surface area contributed by atoms with E-state index in [1.165, 1.54) is 11.6 Å². The van der Waals surface area contributed by atoms with Crippen LogP contribution < -0.4 is 0 Å². The third-order valence-corrected chi connectivity index (χ3v) is 3.52. The molecule has 2 heteroatoms. The molecule has 0 saturated heterocycles. The van der Waals surface area contributed by atoms with Crippen molar-refractivity contribution in [2.45, 2.75) is 25.6 Å². The molecular weight excluding hydrogens is 247 g/mol. The van der Waals surface area contributed by atoms with Crippen molar-refractivity contribution in [2.24, 2.45) is 0 Å². The summed E-state index contributed by atoms with van der Waals surface area (Å²) in [4.78, 5) is 0. The predicted octanol–water partition coefficient (Wildman–Crippen LogP) is 4.97. The van der Waals surface area contributed by atoms with Crippen LogP contribution in [0, 0.1) is 19.7 Å². The Hall–Kier alpha value is -1.34. The third-order valence-electron chi connectivity index (χ3n) is 3.13. The van der Waals surface area contributed by atoms with Crippen LogP contribution in [0.1, 0.15) is 27.6 Å². The van der Waals surface area contributed by atoms with Gasteiger partial charge in [0.1, 0.15) is 5.82 Å². The Balaban J connectivity index is 2.25. The lowest BCUT2D eigenvalue weighted by Crippen LogP contribution is -2.01. The smallest absolute Gasteiger partial charge is 0.126 e. The average Bonchev–Trinajstić information content (AvgIpc) is 2.35. The van der Waals surface area contributed by atoms with Crippen LogP contribution in [0.4, 0.5) is 4.39 Å². The molecule has 0 amide bonds. The molecule has 0 aromatic heterocycles. The fourth-order valence-corrected chi connectivity index (χ4v) is 2.47. The Morgan fingerprint density at radius 2 is 1.83 bits per heavy atom. The third kappa shape index (κ3) is 2.91. The molecule has 0 aliphatic carbocycles. The first-order valence-corrected chi connectivity index (χ1v) is 6.46. The first kappa shape index (κ1) is 13.1. The summed E-state index contributed by atoms with van der Waals surface area (Å²) in [5.74, 6) is -0.187. The van der Waals surface area contributed by atoms with E-state index >= 15 is 0 Å². The number of alkyl halides is 1. The summed E-state index contributed by atoms with van der Waals surface area (Å²) < 4.78 is 13.6. The van der Waals surface area contributed by atoms with Crippen molar-refractivity contribution < 1.29 is 4.39 Å². The highest BCUT2D eigenvalue weighted by Crippen LogP contribution is 2.29. The highest BCUT2D eigenvalue weighted by Gasteiger charge is 2.13. The van der Waals surface area contributed by atoms with Gasteiger partial charge in [0.25, 0.3) is 0 Å². The minimum absolute atomic E-state index is 0.187. The summed E-state index contributed by atoms with van der Waals surface area (Å²) in [6.45, 7) is 4.07. The molecule has 18 heavy (non-hydrogen) atoms. The van der Waals surface area contributed by atoms with E-state index in [1.54, 1.807) is 12.1 Å². The minimum Gasteiger partial charge on any atom is -0.207 e. The Morgan fingerprint density at radius 3 is 2.56 bits per heavy atom. The summed E-state index contributed by atoms with van der Waals surface area (Å²) >= 11 is 6.42. The SMILES string of the molecule is Cc1ccc(C)c(C(Cl)Cc2ccccc2F)c1. The topological polar surface area (TPSA) is 0 Å². The van der Waals surface area contributed by atoms with Crippen molar-refractivity contribution in [1.29, 1.82) is 0 Å². The highest BCUT2D eigenvalue weighted by atomic mass is 35.5. The second-order valence-electron chi connectivity index (χ2n) is 4.62. The molecule has 0 nitrogen and oxygen atoms in total. The zero-order chi connectivity index (χ0) is 13.1. The fraction of sp³-hybridized carbons (Fsp3) is 0.250. The van der Waals surface area contributed by atoms with E-state index < -0.39 is 0 Å². The molecule has 94 valence electrons. The molecule has 2 rings (SSSR count). The predicted molar refractivity (Wildman–Crippen MR) is 74.6 cm³/mol. The van der Waals surface area contributed by atoms with Gasteiger partial charge in [-0.15, -0.1) is 11.6 Å². The minimum atomic E-state index is -0.193. The lowest BCUT2D eigenvalue weighted by atomic mass is 9.98. The lowest BCUT2D eigenvalue weighted by molar-refractivity contribution is 0.607. The van der Waals surface area contributed by atoms with Crippen LogP contribution in [0.5, 0.6) is 0 Å². The molecular formula is C16H16ClF. The van der Waals surface area contributed by atoms with Gasteiger partial charge in [-0.1, -0.05) is 42.0 Å². The van der Waals surface area contributed by atoms with E-state index in [2.05, 4.69) is 18.2 Å². The van der Waals surface area contributed by atoms with E-state index in [9.17, 15) is 4.39 Å². The van der Waals surface area contributed by atoms with Gasteiger partial charge in [0.05, 0.1) is 5.38 Å². The summed E-state index contributed by atoms with van der Waals surface area (Å²) in [6, 6.07) is 13.0. The first-order chi connectivity index (χ1) is 8.58. The number of aryl methyl sites for hydroxylation is 2. The van der Waals surface area contributed by atoms with Crippen LogP contribution in [-0.4, -0.2) is 0 Å². The monoisotopic (exact) mass is 262 g/mol.